The molecule has 1 atom stereocenters. The minimum Gasteiger partial charge on any atom is -0.495 e. The van der Waals surface area contributed by atoms with E-state index in [1.807, 2.05) is 0 Å². The van der Waals surface area contributed by atoms with Crippen LogP contribution < -0.4 is 20.3 Å². The fraction of sp³-hybridized carbons (Fsp3) is 0.125. The van der Waals surface area contributed by atoms with Crippen LogP contribution in [0.4, 0.5) is 5.69 Å². The number of ether oxygens (including phenoxy) is 2. The summed E-state index contributed by atoms with van der Waals surface area (Å²) in [5, 5.41) is 0. The number of hydrazine groups is 1. The number of hydrogen-bond donors (Lipinski definition) is 3. The smallest absolute Gasteiger partial charge is 0.339 e. The molecule has 10 nitrogen and oxygen atoms in total. The summed E-state index contributed by atoms with van der Waals surface area (Å²) in [5.74, 6) is -1.49. The van der Waals surface area contributed by atoms with Crippen LogP contribution in [0.5, 0.6) is 5.75 Å². The maximum Gasteiger partial charge on any atom is 0.339 e. The summed E-state index contributed by atoms with van der Waals surface area (Å²) in [7, 11) is -2.61. The molecular weight excluding hydrogens is 474 g/mol. The van der Waals surface area contributed by atoms with Crippen molar-refractivity contribution in [2.45, 2.75) is 17.4 Å². The molecule has 0 saturated heterocycles. The molecule has 2 amide bonds. The van der Waals surface area contributed by atoms with Gasteiger partial charge in [0.1, 0.15) is 11.9 Å². The molecule has 0 aromatic heterocycles. The first-order chi connectivity index (χ1) is 16.8. The fourth-order valence-corrected chi connectivity index (χ4v) is 4.64. The van der Waals surface area contributed by atoms with E-state index in [1.54, 1.807) is 48.5 Å². The Morgan fingerprint density at radius 2 is 1.71 bits per heavy atom. The molecule has 0 saturated carbocycles. The van der Waals surface area contributed by atoms with Crippen molar-refractivity contribution in [2.24, 2.45) is 0 Å². The number of fused-ring (bicyclic) bond motifs is 1. The average molecular weight is 496 g/mol. The third-order valence-electron chi connectivity index (χ3n) is 5.22. The van der Waals surface area contributed by atoms with Crippen molar-refractivity contribution >= 4 is 33.5 Å². The molecule has 11 heteroatoms. The zero-order chi connectivity index (χ0) is 25.0. The Morgan fingerprint density at radius 3 is 2.51 bits per heavy atom. The lowest BCUT2D eigenvalue weighted by molar-refractivity contribution is -0.123. The molecule has 0 fully saturated rings. The monoisotopic (exact) mass is 495 g/mol. The van der Waals surface area contributed by atoms with E-state index in [0.717, 1.165) is 0 Å². The highest BCUT2D eigenvalue weighted by molar-refractivity contribution is 7.92. The van der Waals surface area contributed by atoms with Gasteiger partial charge in [0.2, 0.25) is 5.91 Å². The number of cyclic esters (lactones) is 1. The van der Waals surface area contributed by atoms with Crippen molar-refractivity contribution in [3.8, 4) is 5.75 Å². The maximum absolute atomic E-state index is 12.8. The van der Waals surface area contributed by atoms with Gasteiger partial charge in [0, 0.05) is 11.1 Å². The molecule has 3 aromatic rings. The predicted molar refractivity (Wildman–Crippen MR) is 125 cm³/mol. The lowest BCUT2D eigenvalue weighted by Crippen LogP contribution is -2.42. The average Bonchev–Trinajstić information content (AvgIpc) is 3.18. The number of esters is 1. The second-order valence-corrected chi connectivity index (χ2v) is 9.20. The summed E-state index contributed by atoms with van der Waals surface area (Å²) in [6, 6.07) is 18.6. The normalized spacial score (nSPS) is 14.4. The number of rotatable bonds is 7. The third-order valence-corrected chi connectivity index (χ3v) is 6.58. The van der Waals surface area contributed by atoms with Gasteiger partial charge >= 0.3 is 5.97 Å². The number of nitrogens with one attached hydrogen (secondary N) is 3. The number of hydrogen-bond acceptors (Lipinski definition) is 7. The number of amides is 2. The standard InChI is InChI=1S/C24H21N3O7S/c1-33-20-12-5-4-11-19(20)27-35(31,32)16-8-6-7-15(13-16)23(29)26-25-22(28)14-21-17-9-2-3-10-18(17)24(30)34-21/h2-13,21,27H,14H2,1H3,(H,25,28)(H,26,29)/t21-/m0/s1. The van der Waals surface area contributed by atoms with E-state index in [1.165, 1.54) is 31.4 Å². The number of anilines is 1. The number of sulfonamides is 1. The zero-order valence-electron chi connectivity index (χ0n) is 18.5. The first kappa shape index (κ1) is 23.8. The topological polar surface area (TPSA) is 140 Å². The van der Waals surface area contributed by atoms with Crippen molar-refractivity contribution in [3.63, 3.8) is 0 Å². The summed E-state index contributed by atoms with van der Waals surface area (Å²) in [6.07, 6.45) is -0.953. The summed E-state index contributed by atoms with van der Waals surface area (Å²) in [4.78, 5) is 36.6. The van der Waals surface area contributed by atoms with Crippen LogP contribution in [-0.4, -0.2) is 33.3 Å². The van der Waals surface area contributed by atoms with Crippen LogP contribution >= 0.6 is 0 Å². The molecule has 0 spiro atoms. The maximum atomic E-state index is 12.8. The molecule has 3 aromatic carbocycles. The summed E-state index contributed by atoms with van der Waals surface area (Å²) < 4.78 is 38.4. The summed E-state index contributed by atoms with van der Waals surface area (Å²) >= 11 is 0. The minimum absolute atomic E-state index is 0.00541. The molecule has 0 aliphatic carbocycles. The van der Waals surface area contributed by atoms with Gasteiger partial charge in [0.25, 0.3) is 15.9 Å². The lowest BCUT2D eigenvalue weighted by atomic mass is 10.0. The van der Waals surface area contributed by atoms with E-state index in [0.29, 0.717) is 16.9 Å². The van der Waals surface area contributed by atoms with Crippen molar-refractivity contribution in [2.75, 3.05) is 11.8 Å². The van der Waals surface area contributed by atoms with Crippen molar-refractivity contribution in [3.05, 3.63) is 89.5 Å². The van der Waals surface area contributed by atoms with Crippen molar-refractivity contribution in [1.82, 2.24) is 10.9 Å². The predicted octanol–water partition coefficient (Wildman–Crippen LogP) is 2.56. The summed E-state index contributed by atoms with van der Waals surface area (Å²) in [6.45, 7) is 0. The van der Waals surface area contributed by atoms with Gasteiger partial charge in [-0.15, -0.1) is 0 Å². The van der Waals surface area contributed by atoms with Gasteiger partial charge in [-0.1, -0.05) is 36.4 Å². The first-order valence-electron chi connectivity index (χ1n) is 10.4. The molecule has 0 unspecified atom stereocenters. The van der Waals surface area contributed by atoms with E-state index in [4.69, 9.17) is 9.47 Å². The van der Waals surface area contributed by atoms with Gasteiger partial charge in [-0.05, 0) is 36.4 Å². The van der Waals surface area contributed by atoms with Gasteiger partial charge in [-0.3, -0.25) is 25.2 Å². The molecule has 3 N–H and O–H groups in total. The number of para-hydroxylation sites is 2. The highest BCUT2D eigenvalue weighted by Crippen LogP contribution is 2.32. The number of carbonyl (C=O) groups excluding carboxylic acids is 3. The van der Waals surface area contributed by atoms with E-state index in [-0.39, 0.29) is 22.6 Å². The molecule has 35 heavy (non-hydrogen) atoms. The molecule has 4 rings (SSSR count). The molecule has 1 heterocycles. The quantitative estimate of drug-likeness (QED) is 0.338. The van der Waals surface area contributed by atoms with Gasteiger partial charge in [0.15, 0.2) is 0 Å². The van der Waals surface area contributed by atoms with Gasteiger partial charge in [-0.25, -0.2) is 13.2 Å². The van der Waals surface area contributed by atoms with Crippen LogP contribution in [0.3, 0.4) is 0 Å². The Balaban J connectivity index is 1.39. The van der Waals surface area contributed by atoms with Crippen LogP contribution in [0.15, 0.2) is 77.7 Å². The van der Waals surface area contributed by atoms with E-state index < -0.39 is 33.9 Å². The molecule has 1 aliphatic rings. The van der Waals surface area contributed by atoms with Crippen molar-refractivity contribution in [1.29, 1.82) is 0 Å². The summed E-state index contributed by atoms with van der Waals surface area (Å²) in [5.41, 5.74) is 5.74. The van der Waals surface area contributed by atoms with Crippen LogP contribution in [0.2, 0.25) is 0 Å². The Labute approximate surface area is 201 Å². The molecular formula is C24H21N3O7S. The fourth-order valence-electron chi connectivity index (χ4n) is 3.53. The van der Waals surface area contributed by atoms with E-state index in [2.05, 4.69) is 15.6 Å². The van der Waals surface area contributed by atoms with E-state index >= 15 is 0 Å². The SMILES string of the molecule is COc1ccccc1NS(=O)(=O)c1cccc(C(=O)NNC(=O)C[C@@H]2OC(=O)c3ccccc32)c1. The largest absolute Gasteiger partial charge is 0.495 e. The second kappa shape index (κ2) is 9.85. The molecule has 0 radical (unpaired) electrons. The lowest BCUT2D eigenvalue weighted by Gasteiger charge is -2.13. The number of methoxy groups -OCH3 is 1. The highest BCUT2D eigenvalue weighted by Gasteiger charge is 2.32. The Kier molecular flexibility index (Phi) is 6.69. The highest BCUT2D eigenvalue weighted by atomic mass is 32.2. The van der Waals surface area contributed by atoms with Gasteiger partial charge in [0.05, 0.1) is 29.7 Å². The zero-order valence-corrected chi connectivity index (χ0v) is 19.3. The van der Waals surface area contributed by atoms with Crippen LogP contribution in [0.1, 0.15) is 38.8 Å². The number of benzene rings is 3. The van der Waals surface area contributed by atoms with Crippen LogP contribution in [0, 0.1) is 0 Å². The third kappa shape index (κ3) is 5.25. The first-order valence-corrected chi connectivity index (χ1v) is 11.9. The number of carbonyl (C=O) groups is 3. The Morgan fingerprint density at radius 1 is 0.971 bits per heavy atom. The van der Waals surface area contributed by atoms with E-state index in [9.17, 15) is 22.8 Å². The van der Waals surface area contributed by atoms with Crippen molar-refractivity contribution < 1.29 is 32.3 Å². The minimum atomic E-state index is -4.03. The molecule has 180 valence electrons. The second-order valence-electron chi connectivity index (χ2n) is 7.52. The van der Waals surface area contributed by atoms with Gasteiger partial charge in [-0.2, -0.15) is 0 Å². The molecule has 0 bridgehead atoms. The van der Waals surface area contributed by atoms with Crippen LogP contribution in [0.25, 0.3) is 0 Å². The van der Waals surface area contributed by atoms with Gasteiger partial charge < -0.3 is 9.47 Å². The Bertz CT molecular complexity index is 1410. The Hall–Kier alpha value is -4.38. The molecule has 1 aliphatic heterocycles. The van der Waals surface area contributed by atoms with Crippen LogP contribution in [-0.2, 0) is 19.6 Å².